The molecule has 3 nitrogen and oxygen atoms in total. The van der Waals surface area contributed by atoms with Crippen LogP contribution < -0.4 is 4.89 Å². The van der Waals surface area contributed by atoms with E-state index in [1.165, 1.54) is 12.1 Å². The lowest BCUT2D eigenvalue weighted by Crippen LogP contribution is -2.06. The lowest BCUT2D eigenvalue weighted by atomic mass is 10.1. The van der Waals surface area contributed by atoms with Gasteiger partial charge in [-0.25, -0.2) is 4.39 Å². The molecule has 0 amide bonds. The Hall–Kier alpha value is -2.38. The Kier molecular flexibility index (Phi) is 3.90. The highest BCUT2D eigenvalue weighted by atomic mass is 19.1. The van der Waals surface area contributed by atoms with Gasteiger partial charge < -0.3 is 4.89 Å². The van der Waals surface area contributed by atoms with E-state index in [0.29, 0.717) is 5.56 Å². The second-order valence-electron chi connectivity index (χ2n) is 3.53. The zero-order valence-corrected chi connectivity index (χ0v) is 9.42. The molecular weight excluding hydrogens is 233 g/mol. The summed E-state index contributed by atoms with van der Waals surface area (Å²) in [6.45, 7) is 0. The van der Waals surface area contributed by atoms with Crippen molar-refractivity contribution in [1.29, 1.82) is 5.26 Å². The van der Waals surface area contributed by atoms with Gasteiger partial charge >= 0.3 is 0 Å². The van der Waals surface area contributed by atoms with Gasteiger partial charge in [-0.05, 0) is 17.7 Å². The number of halogens is 1. The maximum atomic E-state index is 13.3. The number of para-hydroxylation sites is 1. The minimum atomic E-state index is -0.897. The lowest BCUT2D eigenvalue weighted by Gasteiger charge is -2.10. The smallest absolute Gasteiger partial charge is 0.215 e. The second-order valence-corrected chi connectivity index (χ2v) is 3.53. The number of benzene rings is 2. The molecule has 0 aromatic heterocycles. The van der Waals surface area contributed by atoms with E-state index in [-0.39, 0.29) is 5.75 Å². The third kappa shape index (κ3) is 2.84. The van der Waals surface area contributed by atoms with Crippen LogP contribution in [0.15, 0.2) is 54.6 Å². The highest BCUT2D eigenvalue weighted by Crippen LogP contribution is 2.21. The minimum absolute atomic E-state index is 0.0475. The first-order chi connectivity index (χ1) is 8.81. The van der Waals surface area contributed by atoms with Crippen LogP contribution in [0.2, 0.25) is 0 Å². The Balaban J connectivity index is 2.05. The van der Waals surface area contributed by atoms with Gasteiger partial charge in [-0.15, -0.1) is 0 Å². The molecule has 0 saturated heterocycles. The molecule has 1 atom stereocenters. The summed E-state index contributed by atoms with van der Waals surface area (Å²) in [5, 5.41) is 8.98. The molecule has 0 N–H and O–H groups in total. The van der Waals surface area contributed by atoms with Crippen molar-refractivity contribution in [3.8, 4) is 11.8 Å². The van der Waals surface area contributed by atoms with Gasteiger partial charge in [0, 0.05) is 0 Å². The molecule has 4 heteroatoms. The first kappa shape index (κ1) is 12.1. The maximum Gasteiger partial charge on any atom is 0.215 e. The summed E-state index contributed by atoms with van der Waals surface area (Å²) in [5.74, 6) is -0.587. The van der Waals surface area contributed by atoms with E-state index < -0.39 is 11.9 Å². The van der Waals surface area contributed by atoms with E-state index in [2.05, 4.69) is 0 Å². The Morgan fingerprint density at radius 2 is 1.67 bits per heavy atom. The van der Waals surface area contributed by atoms with Crippen molar-refractivity contribution in [2.45, 2.75) is 6.10 Å². The van der Waals surface area contributed by atoms with E-state index in [1.807, 2.05) is 12.1 Å². The van der Waals surface area contributed by atoms with Gasteiger partial charge in [-0.1, -0.05) is 42.5 Å². The highest BCUT2D eigenvalue weighted by Gasteiger charge is 2.13. The van der Waals surface area contributed by atoms with Crippen molar-refractivity contribution in [2.24, 2.45) is 0 Å². The van der Waals surface area contributed by atoms with Gasteiger partial charge in [0.15, 0.2) is 5.82 Å². The lowest BCUT2D eigenvalue weighted by molar-refractivity contribution is -0.233. The van der Waals surface area contributed by atoms with Crippen LogP contribution in [-0.4, -0.2) is 0 Å². The van der Waals surface area contributed by atoms with Crippen molar-refractivity contribution in [3.63, 3.8) is 0 Å². The van der Waals surface area contributed by atoms with Gasteiger partial charge in [-0.2, -0.15) is 10.1 Å². The Morgan fingerprint density at radius 1 is 1.00 bits per heavy atom. The number of nitriles is 1. The van der Waals surface area contributed by atoms with Crippen LogP contribution in [0.4, 0.5) is 4.39 Å². The molecule has 0 saturated carbocycles. The standard InChI is InChI=1S/C14H10FNO2/c15-12-8-4-5-9-13(12)17-18-14(10-16)11-6-2-1-3-7-11/h1-9,14H. The average molecular weight is 243 g/mol. The predicted octanol–water partition coefficient (Wildman–Crippen LogP) is 3.40. The topological polar surface area (TPSA) is 42.2 Å². The summed E-state index contributed by atoms with van der Waals surface area (Å²) >= 11 is 0. The number of nitrogens with zero attached hydrogens (tertiary/aromatic N) is 1. The van der Waals surface area contributed by atoms with Crippen LogP contribution in [0.1, 0.15) is 11.7 Å². The molecule has 1 unspecified atom stereocenters. The third-order valence-electron chi connectivity index (χ3n) is 2.29. The van der Waals surface area contributed by atoms with Crippen LogP contribution in [0.25, 0.3) is 0 Å². The molecule has 0 aliphatic carbocycles. The summed E-state index contributed by atoms with van der Waals surface area (Å²) < 4.78 is 13.3. The molecule has 0 aliphatic rings. The van der Waals surface area contributed by atoms with E-state index in [4.69, 9.17) is 15.0 Å². The van der Waals surface area contributed by atoms with Crippen LogP contribution in [0.5, 0.6) is 5.75 Å². The van der Waals surface area contributed by atoms with E-state index in [9.17, 15) is 4.39 Å². The van der Waals surface area contributed by atoms with Gasteiger partial charge in [0.1, 0.15) is 6.07 Å². The van der Waals surface area contributed by atoms with Crippen molar-refractivity contribution in [3.05, 3.63) is 66.0 Å². The Bertz CT molecular complexity index is 551. The quantitative estimate of drug-likeness (QED) is 0.610. The monoisotopic (exact) mass is 243 g/mol. The molecule has 2 aromatic rings. The van der Waals surface area contributed by atoms with E-state index >= 15 is 0 Å². The summed E-state index contributed by atoms with van der Waals surface area (Å²) in [6, 6.07) is 16.6. The molecule has 18 heavy (non-hydrogen) atoms. The summed E-state index contributed by atoms with van der Waals surface area (Å²) in [7, 11) is 0. The summed E-state index contributed by atoms with van der Waals surface area (Å²) in [6.07, 6.45) is -0.897. The molecule has 0 bridgehead atoms. The number of hydrogen-bond donors (Lipinski definition) is 0. The molecule has 0 fully saturated rings. The fraction of sp³-hybridized carbons (Fsp3) is 0.0714. The van der Waals surface area contributed by atoms with Crippen molar-refractivity contribution in [2.75, 3.05) is 0 Å². The van der Waals surface area contributed by atoms with E-state index in [1.54, 1.807) is 36.4 Å². The fourth-order valence-electron chi connectivity index (χ4n) is 1.39. The molecule has 0 spiro atoms. The van der Waals surface area contributed by atoms with Gasteiger partial charge in [0.2, 0.25) is 11.9 Å². The summed E-state index contributed by atoms with van der Waals surface area (Å²) in [5.41, 5.74) is 0.649. The first-order valence-electron chi connectivity index (χ1n) is 5.33. The third-order valence-corrected chi connectivity index (χ3v) is 2.29. The minimum Gasteiger partial charge on any atom is -0.333 e. The summed E-state index contributed by atoms with van der Waals surface area (Å²) in [4.78, 5) is 9.79. The Morgan fingerprint density at radius 3 is 2.33 bits per heavy atom. The second kappa shape index (κ2) is 5.80. The van der Waals surface area contributed by atoms with Crippen LogP contribution in [0.3, 0.4) is 0 Å². The molecule has 0 heterocycles. The molecule has 0 aliphatic heterocycles. The molecule has 0 radical (unpaired) electrons. The number of rotatable bonds is 4. The Labute approximate surface area is 104 Å². The molecular formula is C14H10FNO2. The highest BCUT2D eigenvalue weighted by molar-refractivity contribution is 5.24. The zero-order chi connectivity index (χ0) is 12.8. The fourth-order valence-corrected chi connectivity index (χ4v) is 1.39. The van der Waals surface area contributed by atoms with Crippen molar-refractivity contribution >= 4 is 0 Å². The SMILES string of the molecule is N#CC(OOc1ccccc1F)c1ccccc1. The van der Waals surface area contributed by atoms with Gasteiger partial charge in [0.25, 0.3) is 0 Å². The maximum absolute atomic E-state index is 13.3. The zero-order valence-electron chi connectivity index (χ0n) is 9.42. The molecule has 90 valence electrons. The van der Waals surface area contributed by atoms with Gasteiger partial charge in [-0.3, -0.25) is 0 Å². The van der Waals surface area contributed by atoms with Gasteiger partial charge in [0.05, 0.1) is 0 Å². The van der Waals surface area contributed by atoms with Crippen molar-refractivity contribution < 1.29 is 14.2 Å². The van der Waals surface area contributed by atoms with E-state index in [0.717, 1.165) is 0 Å². The molecule has 2 aromatic carbocycles. The van der Waals surface area contributed by atoms with Crippen LogP contribution >= 0.6 is 0 Å². The largest absolute Gasteiger partial charge is 0.333 e. The van der Waals surface area contributed by atoms with Crippen LogP contribution in [-0.2, 0) is 4.89 Å². The normalized spacial score (nSPS) is 11.6. The average Bonchev–Trinajstić information content (AvgIpc) is 2.42. The number of hydrogen-bond acceptors (Lipinski definition) is 3. The van der Waals surface area contributed by atoms with Crippen LogP contribution in [0, 0.1) is 17.1 Å². The van der Waals surface area contributed by atoms with Crippen molar-refractivity contribution in [1.82, 2.24) is 0 Å². The predicted molar refractivity (Wildman–Crippen MR) is 62.9 cm³/mol. The molecule has 2 rings (SSSR count). The first-order valence-corrected chi connectivity index (χ1v) is 5.33.